The number of hydrogen-bond donors (Lipinski definition) is 1. The molecule has 0 aliphatic rings. The van der Waals surface area contributed by atoms with Crippen molar-refractivity contribution >= 4 is 11.7 Å². The van der Waals surface area contributed by atoms with Crippen LogP contribution in [0.1, 0.15) is 20.3 Å². The fourth-order valence-electron chi connectivity index (χ4n) is 1.80. The van der Waals surface area contributed by atoms with E-state index in [0.29, 0.717) is 6.61 Å². The van der Waals surface area contributed by atoms with E-state index in [4.69, 9.17) is 9.47 Å². The first-order chi connectivity index (χ1) is 10.1. The van der Waals surface area contributed by atoms with E-state index in [1.807, 2.05) is 43.3 Å². The van der Waals surface area contributed by atoms with Crippen molar-refractivity contribution in [2.75, 3.05) is 38.8 Å². The van der Waals surface area contributed by atoms with Gasteiger partial charge in [-0.25, -0.2) is 0 Å². The van der Waals surface area contributed by atoms with Crippen molar-refractivity contribution in [2.24, 2.45) is 0 Å². The second-order valence-corrected chi connectivity index (χ2v) is 4.96. The van der Waals surface area contributed by atoms with Crippen molar-refractivity contribution in [3.05, 3.63) is 24.3 Å². The summed E-state index contributed by atoms with van der Waals surface area (Å²) >= 11 is 0. The van der Waals surface area contributed by atoms with E-state index < -0.39 is 6.04 Å². The largest absolute Gasteiger partial charge is 0.491 e. The molecule has 0 aliphatic carbocycles. The molecule has 0 radical (unpaired) electrons. The van der Waals surface area contributed by atoms with Gasteiger partial charge in [0.25, 0.3) is 0 Å². The molecule has 1 atom stereocenters. The van der Waals surface area contributed by atoms with Gasteiger partial charge in [-0.3, -0.25) is 4.79 Å². The summed E-state index contributed by atoms with van der Waals surface area (Å²) < 4.78 is 10.8. The topological polar surface area (TPSA) is 50.8 Å². The van der Waals surface area contributed by atoms with Crippen LogP contribution in [0.4, 0.5) is 5.69 Å². The Morgan fingerprint density at radius 3 is 2.71 bits per heavy atom. The molecule has 0 bridgehead atoms. The number of anilines is 1. The molecule has 0 saturated heterocycles. The minimum absolute atomic E-state index is 0.260. The third-order valence-electron chi connectivity index (χ3n) is 2.96. The lowest BCUT2D eigenvalue weighted by Crippen LogP contribution is -2.43. The van der Waals surface area contributed by atoms with Crippen LogP contribution in [0.3, 0.4) is 0 Å². The van der Waals surface area contributed by atoms with Crippen LogP contribution in [0.15, 0.2) is 24.3 Å². The van der Waals surface area contributed by atoms with E-state index in [1.165, 1.54) is 0 Å². The zero-order chi connectivity index (χ0) is 15.7. The van der Waals surface area contributed by atoms with Crippen LogP contribution < -0.4 is 15.0 Å². The smallest absolute Gasteiger partial charge is 0.326 e. The van der Waals surface area contributed by atoms with Gasteiger partial charge in [0.05, 0.1) is 6.61 Å². The highest BCUT2D eigenvalue weighted by atomic mass is 16.5. The molecule has 118 valence electrons. The van der Waals surface area contributed by atoms with Gasteiger partial charge < -0.3 is 19.7 Å². The molecule has 0 spiro atoms. The average Bonchev–Trinajstić information content (AvgIpc) is 2.47. The Labute approximate surface area is 127 Å². The Morgan fingerprint density at radius 1 is 1.33 bits per heavy atom. The minimum atomic E-state index is -0.437. The molecule has 1 aromatic rings. The standard InChI is InChI=1S/C16H26N2O3/c1-5-10-17-15(16(19)20-6-2)12-21-14-9-7-8-13(11-14)18(3)4/h7-9,11,15,17H,5-6,10,12H2,1-4H3. The van der Waals surface area contributed by atoms with E-state index >= 15 is 0 Å². The third kappa shape index (κ3) is 6.04. The molecule has 1 unspecified atom stereocenters. The first-order valence-corrected chi connectivity index (χ1v) is 7.38. The highest BCUT2D eigenvalue weighted by Crippen LogP contribution is 2.19. The van der Waals surface area contributed by atoms with Gasteiger partial charge in [-0.15, -0.1) is 0 Å². The number of ether oxygens (including phenoxy) is 2. The lowest BCUT2D eigenvalue weighted by Gasteiger charge is -2.18. The summed E-state index contributed by atoms with van der Waals surface area (Å²) in [6.45, 7) is 5.24. The Balaban J connectivity index is 2.62. The monoisotopic (exact) mass is 294 g/mol. The molecule has 0 fully saturated rings. The third-order valence-corrected chi connectivity index (χ3v) is 2.96. The average molecular weight is 294 g/mol. The molecule has 0 aliphatic heterocycles. The highest BCUT2D eigenvalue weighted by Gasteiger charge is 2.19. The maximum atomic E-state index is 11.9. The summed E-state index contributed by atoms with van der Waals surface area (Å²) in [7, 11) is 3.95. The van der Waals surface area contributed by atoms with Gasteiger partial charge in [0.2, 0.25) is 0 Å². The Morgan fingerprint density at radius 2 is 2.10 bits per heavy atom. The molecule has 0 aromatic heterocycles. The molecule has 0 amide bonds. The lowest BCUT2D eigenvalue weighted by molar-refractivity contribution is -0.146. The van der Waals surface area contributed by atoms with Crippen LogP contribution in [0, 0.1) is 0 Å². The molecule has 0 saturated carbocycles. The van der Waals surface area contributed by atoms with E-state index in [9.17, 15) is 4.79 Å². The molecule has 0 heterocycles. The molecule has 5 nitrogen and oxygen atoms in total. The second kappa shape index (κ2) is 9.23. The van der Waals surface area contributed by atoms with E-state index in [-0.39, 0.29) is 12.6 Å². The predicted molar refractivity (Wildman–Crippen MR) is 85.0 cm³/mol. The van der Waals surface area contributed by atoms with Gasteiger partial charge in [0.15, 0.2) is 0 Å². The molecule has 1 aromatic carbocycles. The van der Waals surface area contributed by atoms with Crippen molar-refractivity contribution in [1.82, 2.24) is 5.32 Å². The van der Waals surface area contributed by atoms with Crippen LogP contribution in [-0.4, -0.2) is 45.9 Å². The van der Waals surface area contributed by atoms with Crippen LogP contribution in [0.2, 0.25) is 0 Å². The van der Waals surface area contributed by atoms with Gasteiger partial charge in [-0.1, -0.05) is 13.0 Å². The van der Waals surface area contributed by atoms with Crippen molar-refractivity contribution in [2.45, 2.75) is 26.3 Å². The summed E-state index contributed by atoms with van der Waals surface area (Å²) in [5.41, 5.74) is 1.06. The first kappa shape index (κ1) is 17.3. The number of hydrogen-bond acceptors (Lipinski definition) is 5. The number of nitrogens with one attached hydrogen (secondary N) is 1. The fraction of sp³-hybridized carbons (Fsp3) is 0.562. The molecule has 21 heavy (non-hydrogen) atoms. The zero-order valence-corrected chi connectivity index (χ0v) is 13.4. The summed E-state index contributed by atoms with van der Waals surface area (Å²) in [5.74, 6) is 0.475. The molecule has 1 N–H and O–H groups in total. The maximum absolute atomic E-state index is 11.9. The Bertz CT molecular complexity index is 435. The Kier molecular flexibility index (Phi) is 7.61. The predicted octanol–water partition coefficient (Wildman–Crippen LogP) is 2.06. The van der Waals surface area contributed by atoms with E-state index in [0.717, 1.165) is 24.4 Å². The number of esters is 1. The maximum Gasteiger partial charge on any atom is 0.326 e. The number of carbonyl (C=O) groups is 1. The van der Waals surface area contributed by atoms with Crippen molar-refractivity contribution < 1.29 is 14.3 Å². The normalized spacial score (nSPS) is 11.8. The van der Waals surface area contributed by atoms with Gasteiger partial charge in [0, 0.05) is 25.8 Å². The van der Waals surface area contributed by atoms with Crippen LogP contribution >= 0.6 is 0 Å². The van der Waals surface area contributed by atoms with Gasteiger partial charge in [-0.2, -0.15) is 0 Å². The van der Waals surface area contributed by atoms with Crippen LogP contribution in [0.5, 0.6) is 5.75 Å². The van der Waals surface area contributed by atoms with Gasteiger partial charge in [0.1, 0.15) is 18.4 Å². The van der Waals surface area contributed by atoms with Gasteiger partial charge in [-0.05, 0) is 32.0 Å². The number of benzene rings is 1. The molecular weight excluding hydrogens is 268 g/mol. The van der Waals surface area contributed by atoms with Crippen molar-refractivity contribution in [3.8, 4) is 5.75 Å². The van der Waals surface area contributed by atoms with Crippen molar-refractivity contribution in [1.29, 1.82) is 0 Å². The first-order valence-electron chi connectivity index (χ1n) is 7.38. The number of rotatable bonds is 9. The molecule has 5 heteroatoms. The summed E-state index contributed by atoms with van der Waals surface area (Å²) in [4.78, 5) is 13.9. The zero-order valence-electron chi connectivity index (χ0n) is 13.4. The quantitative estimate of drug-likeness (QED) is 0.707. The lowest BCUT2D eigenvalue weighted by atomic mass is 10.2. The number of carbonyl (C=O) groups excluding carboxylic acids is 1. The summed E-state index contributed by atoms with van der Waals surface area (Å²) in [6.07, 6.45) is 0.950. The SMILES string of the molecule is CCCNC(COc1cccc(N(C)C)c1)C(=O)OCC. The molecular formula is C16H26N2O3. The summed E-state index contributed by atoms with van der Waals surface area (Å²) in [5, 5.41) is 3.15. The number of nitrogens with zero attached hydrogens (tertiary/aromatic N) is 1. The Hall–Kier alpha value is -1.75. The van der Waals surface area contributed by atoms with E-state index in [1.54, 1.807) is 6.92 Å². The minimum Gasteiger partial charge on any atom is -0.491 e. The van der Waals surface area contributed by atoms with Crippen LogP contribution in [-0.2, 0) is 9.53 Å². The van der Waals surface area contributed by atoms with E-state index in [2.05, 4.69) is 12.2 Å². The molecule has 1 rings (SSSR count). The van der Waals surface area contributed by atoms with Crippen molar-refractivity contribution in [3.63, 3.8) is 0 Å². The summed E-state index contributed by atoms with van der Waals surface area (Å²) in [6, 6.07) is 7.33. The fourth-order valence-corrected chi connectivity index (χ4v) is 1.80. The second-order valence-electron chi connectivity index (χ2n) is 4.96. The van der Waals surface area contributed by atoms with Crippen LogP contribution in [0.25, 0.3) is 0 Å². The van der Waals surface area contributed by atoms with Gasteiger partial charge >= 0.3 is 5.97 Å². The highest BCUT2D eigenvalue weighted by molar-refractivity contribution is 5.76.